The number of hydrogen-bond acceptors (Lipinski definition) is 2. The minimum atomic E-state index is 0.289. The first kappa shape index (κ1) is 13.5. The van der Waals surface area contributed by atoms with E-state index in [4.69, 9.17) is 4.74 Å². The summed E-state index contributed by atoms with van der Waals surface area (Å²) < 4.78 is 5.73. The Bertz CT molecular complexity index is 500. The highest BCUT2D eigenvalue weighted by Gasteiger charge is 2.02. The summed E-state index contributed by atoms with van der Waals surface area (Å²) in [5.41, 5.74) is 2.21. The summed E-state index contributed by atoms with van der Waals surface area (Å²) in [7, 11) is 0. The summed E-state index contributed by atoms with van der Waals surface area (Å²) >= 11 is 0. The smallest absolute Gasteiger partial charge is 0.119 e. The van der Waals surface area contributed by atoms with E-state index in [1.165, 1.54) is 0 Å². The van der Waals surface area contributed by atoms with Crippen LogP contribution in [-0.4, -0.2) is 11.7 Å². The summed E-state index contributed by atoms with van der Waals surface area (Å²) in [5.74, 6) is 1.77. The van der Waals surface area contributed by atoms with Crippen molar-refractivity contribution < 1.29 is 9.84 Å². The molecule has 2 rings (SSSR count). The van der Waals surface area contributed by atoms with E-state index in [2.05, 4.69) is 13.8 Å². The zero-order valence-electron chi connectivity index (χ0n) is 11.5. The topological polar surface area (TPSA) is 29.5 Å². The molecule has 2 aromatic rings. The number of aromatic hydroxyl groups is 1. The van der Waals surface area contributed by atoms with E-state index in [1.807, 2.05) is 36.4 Å². The minimum absolute atomic E-state index is 0.289. The molecule has 2 aromatic carbocycles. The Labute approximate surface area is 114 Å². The molecular formula is C17H20O2. The molecular weight excluding hydrogens is 236 g/mol. The van der Waals surface area contributed by atoms with E-state index in [-0.39, 0.29) is 5.75 Å². The Balaban J connectivity index is 2.04. The van der Waals surface area contributed by atoms with E-state index >= 15 is 0 Å². The highest BCUT2D eigenvalue weighted by Crippen LogP contribution is 2.24. The Kier molecular flexibility index (Phi) is 4.45. The van der Waals surface area contributed by atoms with Crippen LogP contribution in [0.4, 0.5) is 0 Å². The molecule has 1 atom stereocenters. The van der Waals surface area contributed by atoms with Gasteiger partial charge in [-0.3, -0.25) is 0 Å². The largest absolute Gasteiger partial charge is 0.508 e. The molecule has 0 fully saturated rings. The molecule has 0 heterocycles. The second-order valence-corrected chi connectivity index (χ2v) is 4.90. The molecule has 0 aliphatic carbocycles. The molecule has 100 valence electrons. The van der Waals surface area contributed by atoms with Crippen LogP contribution in [0.2, 0.25) is 0 Å². The van der Waals surface area contributed by atoms with Gasteiger partial charge in [0, 0.05) is 0 Å². The van der Waals surface area contributed by atoms with E-state index < -0.39 is 0 Å². The van der Waals surface area contributed by atoms with Crippen molar-refractivity contribution in [2.75, 3.05) is 6.61 Å². The molecule has 0 aliphatic rings. The van der Waals surface area contributed by atoms with Crippen molar-refractivity contribution in [3.05, 3.63) is 48.5 Å². The average molecular weight is 256 g/mol. The molecule has 19 heavy (non-hydrogen) atoms. The second-order valence-electron chi connectivity index (χ2n) is 4.90. The molecule has 2 nitrogen and oxygen atoms in total. The first-order valence-electron chi connectivity index (χ1n) is 6.71. The molecule has 1 N–H and O–H groups in total. The number of hydrogen-bond donors (Lipinski definition) is 1. The summed E-state index contributed by atoms with van der Waals surface area (Å²) in [6.45, 7) is 5.11. The Morgan fingerprint density at radius 3 is 2.00 bits per heavy atom. The number of ether oxygens (including phenoxy) is 1. The monoisotopic (exact) mass is 256 g/mol. The Hall–Kier alpha value is -1.96. The fourth-order valence-corrected chi connectivity index (χ4v) is 1.75. The van der Waals surface area contributed by atoms with Gasteiger partial charge in [-0.25, -0.2) is 0 Å². The summed E-state index contributed by atoms with van der Waals surface area (Å²) in [5, 5.41) is 9.27. The lowest BCUT2D eigenvalue weighted by molar-refractivity contribution is 0.256. The third-order valence-electron chi connectivity index (χ3n) is 3.29. The van der Waals surface area contributed by atoms with Crippen LogP contribution < -0.4 is 4.74 Å². The summed E-state index contributed by atoms with van der Waals surface area (Å²) in [6, 6.07) is 15.3. The fraction of sp³-hybridized carbons (Fsp3) is 0.294. The third kappa shape index (κ3) is 3.75. The van der Waals surface area contributed by atoms with Crippen LogP contribution in [0.1, 0.15) is 20.3 Å². The van der Waals surface area contributed by atoms with Gasteiger partial charge in [-0.1, -0.05) is 44.5 Å². The van der Waals surface area contributed by atoms with E-state index in [0.717, 1.165) is 29.9 Å². The lowest BCUT2D eigenvalue weighted by Gasteiger charge is -2.11. The molecule has 0 amide bonds. The van der Waals surface area contributed by atoms with Crippen molar-refractivity contribution in [1.29, 1.82) is 0 Å². The molecule has 0 radical (unpaired) electrons. The van der Waals surface area contributed by atoms with Crippen LogP contribution in [0.3, 0.4) is 0 Å². The standard InChI is InChI=1S/C17H20O2/c1-3-13(2)12-19-17-10-6-15(7-11-17)14-4-8-16(18)9-5-14/h4-11,13,18H,3,12H2,1-2H3/t13-/m1/s1. The van der Waals surface area contributed by atoms with Crippen molar-refractivity contribution >= 4 is 0 Å². The highest BCUT2D eigenvalue weighted by atomic mass is 16.5. The van der Waals surface area contributed by atoms with Gasteiger partial charge >= 0.3 is 0 Å². The summed E-state index contributed by atoms with van der Waals surface area (Å²) in [6.07, 6.45) is 1.13. The van der Waals surface area contributed by atoms with Gasteiger partial charge in [0.1, 0.15) is 11.5 Å². The number of phenolic OH excluding ortho intramolecular Hbond substituents is 1. The third-order valence-corrected chi connectivity index (χ3v) is 3.29. The maximum Gasteiger partial charge on any atom is 0.119 e. The van der Waals surface area contributed by atoms with Gasteiger partial charge < -0.3 is 9.84 Å². The van der Waals surface area contributed by atoms with Gasteiger partial charge in [0.2, 0.25) is 0 Å². The number of rotatable bonds is 5. The predicted octanol–water partition coefficient (Wildman–Crippen LogP) is 4.48. The average Bonchev–Trinajstić information content (AvgIpc) is 2.46. The molecule has 0 unspecified atom stereocenters. The van der Waals surface area contributed by atoms with Crippen LogP contribution in [0, 0.1) is 5.92 Å². The van der Waals surface area contributed by atoms with E-state index in [0.29, 0.717) is 5.92 Å². The minimum Gasteiger partial charge on any atom is -0.508 e. The molecule has 0 saturated heterocycles. The molecule has 0 aromatic heterocycles. The first-order valence-corrected chi connectivity index (χ1v) is 6.71. The molecule has 2 heteroatoms. The summed E-state index contributed by atoms with van der Waals surface area (Å²) in [4.78, 5) is 0. The fourth-order valence-electron chi connectivity index (χ4n) is 1.75. The SMILES string of the molecule is CC[C@@H](C)COc1ccc(-c2ccc(O)cc2)cc1. The zero-order valence-corrected chi connectivity index (χ0v) is 11.5. The van der Waals surface area contributed by atoms with Crippen molar-refractivity contribution in [1.82, 2.24) is 0 Å². The first-order chi connectivity index (χ1) is 9.19. The van der Waals surface area contributed by atoms with Gasteiger partial charge in [0.25, 0.3) is 0 Å². The van der Waals surface area contributed by atoms with Crippen molar-refractivity contribution in [3.63, 3.8) is 0 Å². The predicted molar refractivity (Wildman–Crippen MR) is 78.5 cm³/mol. The molecule has 0 aliphatic heterocycles. The van der Waals surface area contributed by atoms with Crippen LogP contribution in [0.25, 0.3) is 11.1 Å². The van der Waals surface area contributed by atoms with Crippen LogP contribution in [0.15, 0.2) is 48.5 Å². The molecule has 0 bridgehead atoms. The lowest BCUT2D eigenvalue weighted by atomic mass is 10.1. The van der Waals surface area contributed by atoms with Gasteiger partial charge in [0.05, 0.1) is 6.61 Å². The maximum atomic E-state index is 9.27. The second kappa shape index (κ2) is 6.28. The van der Waals surface area contributed by atoms with Crippen molar-refractivity contribution in [3.8, 4) is 22.6 Å². The van der Waals surface area contributed by atoms with Gasteiger partial charge in [0.15, 0.2) is 0 Å². The number of phenols is 1. The van der Waals surface area contributed by atoms with E-state index in [9.17, 15) is 5.11 Å². The van der Waals surface area contributed by atoms with Crippen LogP contribution >= 0.6 is 0 Å². The lowest BCUT2D eigenvalue weighted by Crippen LogP contribution is -2.06. The van der Waals surface area contributed by atoms with Gasteiger partial charge in [-0.15, -0.1) is 0 Å². The maximum absolute atomic E-state index is 9.27. The van der Waals surface area contributed by atoms with Crippen LogP contribution in [0.5, 0.6) is 11.5 Å². The van der Waals surface area contributed by atoms with Crippen molar-refractivity contribution in [2.24, 2.45) is 5.92 Å². The van der Waals surface area contributed by atoms with E-state index in [1.54, 1.807) is 12.1 Å². The normalized spacial score (nSPS) is 12.1. The Morgan fingerprint density at radius 1 is 0.947 bits per heavy atom. The molecule has 0 spiro atoms. The quantitative estimate of drug-likeness (QED) is 0.854. The zero-order chi connectivity index (χ0) is 13.7. The van der Waals surface area contributed by atoms with Gasteiger partial charge in [-0.2, -0.15) is 0 Å². The highest BCUT2D eigenvalue weighted by molar-refractivity contribution is 5.64. The Morgan fingerprint density at radius 2 is 1.47 bits per heavy atom. The van der Waals surface area contributed by atoms with Crippen LogP contribution in [-0.2, 0) is 0 Å². The molecule has 0 saturated carbocycles. The van der Waals surface area contributed by atoms with Crippen molar-refractivity contribution in [2.45, 2.75) is 20.3 Å². The van der Waals surface area contributed by atoms with Gasteiger partial charge in [-0.05, 0) is 41.3 Å². The number of benzene rings is 2.